The zero-order valence-corrected chi connectivity index (χ0v) is 16.4. The second kappa shape index (κ2) is 7.85. The number of aromatic hydroxyl groups is 1. The molecule has 0 spiro atoms. The molecule has 1 aliphatic rings. The van der Waals surface area contributed by atoms with Gasteiger partial charge in [0.05, 0.1) is 18.0 Å². The molecule has 0 fully saturated rings. The molecule has 144 valence electrons. The lowest BCUT2D eigenvalue weighted by Gasteiger charge is -2.28. The fraction of sp³-hybridized carbons (Fsp3) is 0.150. The van der Waals surface area contributed by atoms with Crippen molar-refractivity contribution in [3.63, 3.8) is 0 Å². The lowest BCUT2D eigenvalue weighted by Crippen LogP contribution is -2.42. The van der Waals surface area contributed by atoms with Crippen LogP contribution in [0, 0.1) is 0 Å². The molecule has 1 aliphatic heterocycles. The summed E-state index contributed by atoms with van der Waals surface area (Å²) in [5, 5.41) is 18.9. The van der Waals surface area contributed by atoms with Crippen LogP contribution in [0.5, 0.6) is 11.5 Å². The van der Waals surface area contributed by atoms with Crippen molar-refractivity contribution in [2.75, 3.05) is 13.7 Å². The minimum absolute atomic E-state index is 0.0710. The smallest absolute Gasteiger partial charge is 0.305 e. The van der Waals surface area contributed by atoms with Crippen LogP contribution in [0.3, 0.4) is 0 Å². The maximum atomic E-state index is 13.0. The van der Waals surface area contributed by atoms with E-state index in [1.165, 1.54) is 7.11 Å². The Hall–Kier alpha value is -3.13. The molecule has 0 saturated heterocycles. The summed E-state index contributed by atoms with van der Waals surface area (Å²) in [6.07, 6.45) is 1.24. The van der Waals surface area contributed by atoms with E-state index in [-0.39, 0.29) is 30.0 Å². The van der Waals surface area contributed by atoms with Gasteiger partial charge in [0.1, 0.15) is 0 Å². The number of imide groups is 1. The average Bonchev–Trinajstić information content (AvgIpc) is 2.67. The fourth-order valence-electron chi connectivity index (χ4n) is 2.95. The average molecular weight is 446 g/mol. The van der Waals surface area contributed by atoms with E-state index in [2.05, 4.69) is 15.9 Å². The van der Waals surface area contributed by atoms with Gasteiger partial charge in [0.15, 0.2) is 11.5 Å². The van der Waals surface area contributed by atoms with Gasteiger partial charge in [-0.1, -0.05) is 18.2 Å². The lowest BCUT2D eigenvalue weighted by molar-refractivity contribution is -0.137. The van der Waals surface area contributed by atoms with Crippen LogP contribution < -0.4 is 4.74 Å². The first-order valence-corrected chi connectivity index (χ1v) is 9.08. The molecule has 3 rings (SSSR count). The Balaban J connectivity index is 2.13. The summed E-state index contributed by atoms with van der Waals surface area (Å²) in [4.78, 5) is 37.5. The van der Waals surface area contributed by atoms with E-state index < -0.39 is 17.8 Å². The molecule has 0 atom stereocenters. The van der Waals surface area contributed by atoms with Crippen LogP contribution in [0.4, 0.5) is 0 Å². The zero-order chi connectivity index (χ0) is 20.4. The van der Waals surface area contributed by atoms with Crippen molar-refractivity contribution in [3.8, 4) is 11.5 Å². The van der Waals surface area contributed by atoms with Gasteiger partial charge in [0.2, 0.25) is 0 Å². The molecule has 1 heterocycles. The van der Waals surface area contributed by atoms with Crippen LogP contribution in [0.1, 0.15) is 27.9 Å². The highest BCUT2D eigenvalue weighted by atomic mass is 79.9. The first kappa shape index (κ1) is 19.6. The number of aliphatic carboxylic acids is 1. The standard InChI is InChI=1S/C20H16BrNO6/c1-28-16-10-11(9-15(21)18(16)25)8-14-12-4-2-3-5-13(12)19(26)22(20(14)27)7-6-17(23)24/h2-5,8-10,25H,6-7H2,1H3,(H,23,24)/b14-8-. The van der Waals surface area contributed by atoms with Crippen LogP contribution in [0.25, 0.3) is 11.6 Å². The van der Waals surface area contributed by atoms with E-state index in [0.29, 0.717) is 21.2 Å². The lowest BCUT2D eigenvalue weighted by atomic mass is 9.92. The van der Waals surface area contributed by atoms with Crippen molar-refractivity contribution in [1.82, 2.24) is 4.90 Å². The maximum absolute atomic E-state index is 13.0. The topological polar surface area (TPSA) is 104 Å². The Morgan fingerprint density at radius 1 is 1.18 bits per heavy atom. The van der Waals surface area contributed by atoms with Gasteiger partial charge in [0, 0.05) is 17.7 Å². The Labute approximate surface area is 169 Å². The number of phenols is 1. The van der Waals surface area contributed by atoms with Gasteiger partial charge in [-0.2, -0.15) is 0 Å². The molecule has 0 bridgehead atoms. The molecule has 2 amide bonds. The summed E-state index contributed by atoms with van der Waals surface area (Å²) in [5.74, 6) is -2.05. The number of carbonyl (C=O) groups is 3. The number of fused-ring (bicyclic) bond motifs is 1. The second-order valence-corrected chi connectivity index (χ2v) is 6.92. The molecule has 0 aromatic heterocycles. The van der Waals surface area contributed by atoms with Crippen LogP contribution in [0.2, 0.25) is 0 Å². The van der Waals surface area contributed by atoms with E-state index in [0.717, 1.165) is 4.90 Å². The monoisotopic (exact) mass is 445 g/mol. The van der Waals surface area contributed by atoms with Crippen molar-refractivity contribution in [2.45, 2.75) is 6.42 Å². The first-order valence-electron chi connectivity index (χ1n) is 8.29. The number of benzene rings is 2. The minimum Gasteiger partial charge on any atom is -0.503 e. The number of carboxylic acid groups (broad SMARTS) is 1. The Kier molecular flexibility index (Phi) is 5.51. The summed E-state index contributed by atoms with van der Waals surface area (Å²) in [6.45, 7) is -0.221. The third-order valence-corrected chi connectivity index (χ3v) is 4.90. The van der Waals surface area contributed by atoms with E-state index in [1.807, 2.05) is 0 Å². The predicted octanol–water partition coefficient (Wildman–Crippen LogP) is 3.16. The van der Waals surface area contributed by atoms with Crippen molar-refractivity contribution in [2.24, 2.45) is 0 Å². The number of nitrogens with zero attached hydrogens (tertiary/aromatic N) is 1. The molecule has 8 heteroatoms. The number of hydrogen-bond acceptors (Lipinski definition) is 5. The number of phenolic OH excluding ortho intramolecular Hbond substituents is 1. The van der Waals surface area contributed by atoms with Crippen molar-refractivity contribution in [3.05, 3.63) is 57.6 Å². The van der Waals surface area contributed by atoms with Gasteiger partial charge in [-0.05, 0) is 51.3 Å². The van der Waals surface area contributed by atoms with Crippen molar-refractivity contribution < 1.29 is 29.3 Å². The molecule has 0 unspecified atom stereocenters. The van der Waals surface area contributed by atoms with Gasteiger partial charge in [0.25, 0.3) is 11.8 Å². The van der Waals surface area contributed by atoms with Crippen molar-refractivity contribution >= 4 is 45.4 Å². The third kappa shape index (κ3) is 3.63. The third-order valence-electron chi connectivity index (χ3n) is 4.30. The summed E-state index contributed by atoms with van der Waals surface area (Å²) in [6, 6.07) is 9.82. The Morgan fingerprint density at radius 3 is 2.50 bits per heavy atom. The molecule has 0 radical (unpaired) electrons. The van der Waals surface area contributed by atoms with E-state index >= 15 is 0 Å². The molecule has 28 heavy (non-hydrogen) atoms. The highest BCUT2D eigenvalue weighted by molar-refractivity contribution is 9.10. The minimum atomic E-state index is -1.10. The summed E-state index contributed by atoms with van der Waals surface area (Å²) >= 11 is 3.24. The van der Waals surface area contributed by atoms with E-state index in [9.17, 15) is 19.5 Å². The number of ether oxygens (including phenoxy) is 1. The first-order chi connectivity index (χ1) is 13.3. The molecular weight excluding hydrogens is 430 g/mol. The normalized spacial score (nSPS) is 14.9. The highest BCUT2D eigenvalue weighted by Crippen LogP contribution is 2.37. The Bertz CT molecular complexity index is 1010. The van der Waals surface area contributed by atoms with E-state index in [4.69, 9.17) is 9.84 Å². The van der Waals surface area contributed by atoms with Gasteiger partial charge in [-0.15, -0.1) is 0 Å². The Morgan fingerprint density at radius 2 is 1.86 bits per heavy atom. The number of amides is 2. The fourth-order valence-corrected chi connectivity index (χ4v) is 3.41. The number of carboxylic acids is 1. The molecule has 2 aromatic carbocycles. The summed E-state index contributed by atoms with van der Waals surface area (Å²) in [7, 11) is 1.41. The SMILES string of the molecule is COc1cc(/C=C2\C(=O)N(CCC(=O)O)C(=O)c3ccccc32)cc(Br)c1O. The highest BCUT2D eigenvalue weighted by Gasteiger charge is 2.34. The maximum Gasteiger partial charge on any atom is 0.305 e. The van der Waals surface area contributed by atoms with Crippen LogP contribution in [-0.2, 0) is 9.59 Å². The van der Waals surface area contributed by atoms with Gasteiger partial charge < -0.3 is 14.9 Å². The van der Waals surface area contributed by atoms with Gasteiger partial charge in [-0.3, -0.25) is 19.3 Å². The number of hydrogen-bond donors (Lipinski definition) is 2. The van der Waals surface area contributed by atoms with Gasteiger partial charge >= 0.3 is 5.97 Å². The number of methoxy groups -OCH3 is 1. The van der Waals surface area contributed by atoms with Crippen LogP contribution in [0.15, 0.2) is 40.9 Å². The second-order valence-electron chi connectivity index (χ2n) is 6.06. The largest absolute Gasteiger partial charge is 0.503 e. The summed E-state index contributed by atoms with van der Waals surface area (Å²) in [5.41, 5.74) is 1.60. The predicted molar refractivity (Wildman–Crippen MR) is 105 cm³/mol. The summed E-state index contributed by atoms with van der Waals surface area (Å²) < 4.78 is 5.51. The number of rotatable bonds is 5. The van der Waals surface area contributed by atoms with Crippen molar-refractivity contribution in [1.29, 1.82) is 0 Å². The van der Waals surface area contributed by atoms with Crippen LogP contribution >= 0.6 is 15.9 Å². The zero-order valence-electron chi connectivity index (χ0n) is 14.8. The number of halogens is 1. The molecule has 2 aromatic rings. The number of carbonyl (C=O) groups excluding carboxylic acids is 2. The molecule has 7 nitrogen and oxygen atoms in total. The quantitative estimate of drug-likeness (QED) is 0.540. The molecule has 2 N–H and O–H groups in total. The van der Waals surface area contributed by atoms with Crippen LogP contribution in [-0.4, -0.2) is 46.6 Å². The van der Waals surface area contributed by atoms with Gasteiger partial charge in [-0.25, -0.2) is 0 Å². The molecule has 0 aliphatic carbocycles. The molecular formula is C20H16BrNO6. The molecule has 0 saturated carbocycles. The van der Waals surface area contributed by atoms with E-state index in [1.54, 1.807) is 42.5 Å².